The van der Waals surface area contributed by atoms with Gasteiger partial charge in [-0.15, -0.1) is 0 Å². The molecule has 1 aromatic carbocycles. The van der Waals surface area contributed by atoms with Gasteiger partial charge in [-0.2, -0.15) is 5.10 Å². The molecule has 2 rings (SSSR count). The number of rotatable bonds is 4. The van der Waals surface area contributed by atoms with Crippen LogP contribution in [-0.4, -0.2) is 10.2 Å². The Bertz CT molecular complexity index is 439. The van der Waals surface area contributed by atoms with Gasteiger partial charge in [-0.3, -0.25) is 5.10 Å². The molecule has 1 unspecified atom stereocenters. The summed E-state index contributed by atoms with van der Waals surface area (Å²) in [6.07, 6.45) is 3.76. The van der Waals surface area contributed by atoms with Crippen molar-refractivity contribution in [3.05, 3.63) is 52.3 Å². The maximum absolute atomic E-state index is 3.94. The highest BCUT2D eigenvalue weighted by Crippen LogP contribution is 2.17. The number of aromatic nitrogens is 2. The first kappa shape index (κ1) is 11.4. The van der Waals surface area contributed by atoms with Crippen molar-refractivity contribution in [2.75, 3.05) is 0 Å². The van der Waals surface area contributed by atoms with Gasteiger partial charge >= 0.3 is 0 Å². The molecule has 16 heavy (non-hydrogen) atoms. The Hall–Kier alpha value is -1.13. The summed E-state index contributed by atoms with van der Waals surface area (Å²) in [5.41, 5.74) is 2.44. The molecule has 1 heterocycles. The van der Waals surface area contributed by atoms with Crippen LogP contribution in [0.2, 0.25) is 0 Å². The van der Waals surface area contributed by atoms with Crippen molar-refractivity contribution in [3.8, 4) is 0 Å². The largest absolute Gasteiger partial charge is 0.306 e. The molecule has 84 valence electrons. The molecule has 3 nitrogen and oxygen atoms in total. The van der Waals surface area contributed by atoms with Gasteiger partial charge in [0.15, 0.2) is 0 Å². The highest BCUT2D eigenvalue weighted by atomic mass is 79.9. The van der Waals surface area contributed by atoms with E-state index in [2.05, 4.69) is 50.5 Å². The Balaban J connectivity index is 1.95. The Kier molecular flexibility index (Phi) is 3.74. The standard InChI is InChI=1S/C12H14BrN3/c1-9(11-7-15-16-8-11)14-6-10-4-2-3-5-12(10)13/h2-5,7-9,14H,6H2,1H3,(H,15,16). The quantitative estimate of drug-likeness (QED) is 0.903. The van der Waals surface area contributed by atoms with Gasteiger partial charge in [-0.1, -0.05) is 34.1 Å². The molecule has 0 bridgehead atoms. The van der Waals surface area contributed by atoms with E-state index in [0.717, 1.165) is 11.0 Å². The number of hydrogen-bond donors (Lipinski definition) is 2. The van der Waals surface area contributed by atoms with Gasteiger partial charge in [0.2, 0.25) is 0 Å². The monoisotopic (exact) mass is 279 g/mol. The van der Waals surface area contributed by atoms with Gasteiger partial charge in [-0.25, -0.2) is 0 Å². The summed E-state index contributed by atoms with van der Waals surface area (Å²) in [6, 6.07) is 8.53. The van der Waals surface area contributed by atoms with Crippen molar-refractivity contribution in [1.29, 1.82) is 0 Å². The molecular formula is C12H14BrN3. The summed E-state index contributed by atoms with van der Waals surface area (Å²) < 4.78 is 1.14. The van der Waals surface area contributed by atoms with Crippen LogP contribution in [0.25, 0.3) is 0 Å². The first-order valence-corrected chi connectivity index (χ1v) is 6.02. The average molecular weight is 280 g/mol. The molecule has 0 aliphatic heterocycles. The molecule has 1 atom stereocenters. The number of halogens is 1. The van der Waals surface area contributed by atoms with E-state index in [-0.39, 0.29) is 0 Å². The normalized spacial score (nSPS) is 12.6. The van der Waals surface area contributed by atoms with Crippen molar-refractivity contribution in [2.45, 2.75) is 19.5 Å². The second-order valence-corrected chi connectivity index (χ2v) is 4.58. The molecule has 2 aromatic rings. The lowest BCUT2D eigenvalue weighted by atomic mass is 10.1. The Labute approximate surface area is 103 Å². The molecular weight excluding hydrogens is 266 g/mol. The van der Waals surface area contributed by atoms with Crippen LogP contribution in [0.3, 0.4) is 0 Å². The van der Waals surface area contributed by atoms with Crippen LogP contribution >= 0.6 is 15.9 Å². The predicted molar refractivity (Wildman–Crippen MR) is 68.0 cm³/mol. The molecule has 0 saturated carbocycles. The van der Waals surface area contributed by atoms with E-state index in [1.807, 2.05) is 24.5 Å². The second kappa shape index (κ2) is 5.27. The van der Waals surface area contributed by atoms with Gasteiger partial charge in [-0.05, 0) is 18.6 Å². The third kappa shape index (κ3) is 2.71. The van der Waals surface area contributed by atoms with Crippen molar-refractivity contribution in [3.63, 3.8) is 0 Å². The highest BCUT2D eigenvalue weighted by molar-refractivity contribution is 9.10. The van der Waals surface area contributed by atoms with Gasteiger partial charge in [0.1, 0.15) is 0 Å². The summed E-state index contributed by atoms with van der Waals surface area (Å²) in [5.74, 6) is 0. The molecule has 0 radical (unpaired) electrons. The minimum Gasteiger partial charge on any atom is -0.306 e. The summed E-state index contributed by atoms with van der Waals surface area (Å²) in [6.45, 7) is 2.97. The van der Waals surface area contributed by atoms with Crippen LogP contribution in [0.5, 0.6) is 0 Å². The van der Waals surface area contributed by atoms with Gasteiger partial charge in [0.25, 0.3) is 0 Å². The fourth-order valence-corrected chi connectivity index (χ4v) is 1.95. The smallest absolute Gasteiger partial charge is 0.0534 e. The molecule has 2 N–H and O–H groups in total. The Morgan fingerprint density at radius 2 is 2.25 bits per heavy atom. The Morgan fingerprint density at radius 1 is 1.44 bits per heavy atom. The van der Waals surface area contributed by atoms with Crippen LogP contribution in [0.15, 0.2) is 41.1 Å². The van der Waals surface area contributed by atoms with Crippen molar-refractivity contribution >= 4 is 15.9 Å². The third-order valence-corrected chi connectivity index (χ3v) is 3.35. The predicted octanol–water partition coefficient (Wildman–Crippen LogP) is 3.02. The zero-order chi connectivity index (χ0) is 11.4. The molecule has 0 aliphatic rings. The summed E-state index contributed by atoms with van der Waals surface area (Å²) >= 11 is 3.54. The molecule has 1 aromatic heterocycles. The molecule has 0 saturated heterocycles. The summed E-state index contributed by atoms with van der Waals surface area (Å²) in [7, 11) is 0. The number of benzene rings is 1. The number of aromatic amines is 1. The lowest BCUT2D eigenvalue weighted by Gasteiger charge is -2.12. The van der Waals surface area contributed by atoms with Crippen LogP contribution in [0.4, 0.5) is 0 Å². The molecule has 0 fully saturated rings. The maximum Gasteiger partial charge on any atom is 0.0534 e. The third-order valence-electron chi connectivity index (χ3n) is 2.58. The lowest BCUT2D eigenvalue weighted by Crippen LogP contribution is -2.17. The molecule has 4 heteroatoms. The molecule has 0 aliphatic carbocycles. The zero-order valence-corrected chi connectivity index (χ0v) is 10.7. The maximum atomic E-state index is 3.94. The van der Waals surface area contributed by atoms with E-state index in [0.29, 0.717) is 6.04 Å². The van der Waals surface area contributed by atoms with Crippen molar-refractivity contribution in [2.24, 2.45) is 0 Å². The number of nitrogens with zero attached hydrogens (tertiary/aromatic N) is 1. The van der Waals surface area contributed by atoms with Gasteiger partial charge in [0.05, 0.1) is 6.20 Å². The first-order valence-electron chi connectivity index (χ1n) is 5.23. The number of H-pyrrole nitrogens is 1. The fourth-order valence-electron chi connectivity index (χ4n) is 1.52. The minimum absolute atomic E-state index is 0.297. The molecule has 0 amide bonds. The SMILES string of the molecule is CC(NCc1ccccc1Br)c1cn[nH]c1. The average Bonchev–Trinajstić information content (AvgIpc) is 2.81. The lowest BCUT2D eigenvalue weighted by molar-refractivity contribution is 0.574. The first-order chi connectivity index (χ1) is 7.77. The minimum atomic E-state index is 0.297. The van der Waals surface area contributed by atoms with Crippen molar-refractivity contribution < 1.29 is 0 Å². The zero-order valence-electron chi connectivity index (χ0n) is 9.07. The Morgan fingerprint density at radius 3 is 2.94 bits per heavy atom. The van der Waals surface area contributed by atoms with E-state index in [1.165, 1.54) is 11.1 Å². The van der Waals surface area contributed by atoms with Gasteiger partial charge < -0.3 is 5.32 Å². The van der Waals surface area contributed by atoms with Gasteiger partial charge in [0, 0.05) is 28.8 Å². The fraction of sp³-hybridized carbons (Fsp3) is 0.250. The highest BCUT2D eigenvalue weighted by Gasteiger charge is 2.06. The van der Waals surface area contributed by atoms with E-state index in [4.69, 9.17) is 0 Å². The van der Waals surface area contributed by atoms with E-state index >= 15 is 0 Å². The second-order valence-electron chi connectivity index (χ2n) is 3.73. The summed E-state index contributed by atoms with van der Waals surface area (Å²) in [5, 5.41) is 10.2. The summed E-state index contributed by atoms with van der Waals surface area (Å²) in [4.78, 5) is 0. The van der Waals surface area contributed by atoms with Crippen LogP contribution in [0, 0.1) is 0 Å². The molecule has 0 spiro atoms. The van der Waals surface area contributed by atoms with E-state index in [1.54, 1.807) is 0 Å². The van der Waals surface area contributed by atoms with E-state index < -0.39 is 0 Å². The van der Waals surface area contributed by atoms with Crippen LogP contribution < -0.4 is 5.32 Å². The van der Waals surface area contributed by atoms with Crippen LogP contribution in [0.1, 0.15) is 24.1 Å². The number of hydrogen-bond acceptors (Lipinski definition) is 2. The van der Waals surface area contributed by atoms with Crippen molar-refractivity contribution in [1.82, 2.24) is 15.5 Å². The number of nitrogens with one attached hydrogen (secondary N) is 2. The topological polar surface area (TPSA) is 40.7 Å². The van der Waals surface area contributed by atoms with E-state index in [9.17, 15) is 0 Å². The van der Waals surface area contributed by atoms with Crippen LogP contribution in [-0.2, 0) is 6.54 Å².